The standard InChI is InChI=1S/C19H28N4O/c1-13-10-14(2)18(15(3)11-13)23-9-7-8-16-17(12-21(4)24-6)22(5)20-19(16)23/h10-11H,7-9,12H2,1-6H3. The fraction of sp³-hybridized carbons (Fsp3) is 0.526. The highest BCUT2D eigenvalue weighted by molar-refractivity contribution is 5.71. The maximum Gasteiger partial charge on any atom is 0.158 e. The van der Waals surface area contributed by atoms with Crippen molar-refractivity contribution >= 4 is 11.5 Å². The molecule has 0 aliphatic carbocycles. The van der Waals surface area contributed by atoms with Gasteiger partial charge in [-0.3, -0.25) is 4.68 Å². The molecule has 2 heterocycles. The van der Waals surface area contributed by atoms with Crippen LogP contribution in [0.1, 0.15) is 34.4 Å². The molecule has 1 aliphatic heterocycles. The van der Waals surface area contributed by atoms with Crippen LogP contribution in [0.2, 0.25) is 0 Å². The molecule has 0 fully saturated rings. The Hall–Kier alpha value is -1.85. The van der Waals surface area contributed by atoms with Gasteiger partial charge >= 0.3 is 0 Å². The maximum absolute atomic E-state index is 5.31. The molecule has 0 spiro atoms. The van der Waals surface area contributed by atoms with E-state index >= 15 is 0 Å². The molecule has 1 aliphatic rings. The molecule has 5 nitrogen and oxygen atoms in total. The Morgan fingerprint density at radius 2 is 1.88 bits per heavy atom. The van der Waals surface area contributed by atoms with E-state index in [9.17, 15) is 0 Å². The molecule has 0 amide bonds. The minimum absolute atomic E-state index is 0.745. The molecule has 2 aromatic rings. The first-order valence-corrected chi connectivity index (χ1v) is 8.57. The third-order valence-electron chi connectivity index (χ3n) is 4.91. The Morgan fingerprint density at radius 3 is 2.50 bits per heavy atom. The summed E-state index contributed by atoms with van der Waals surface area (Å²) in [4.78, 5) is 7.71. The van der Waals surface area contributed by atoms with Crippen molar-refractivity contribution < 1.29 is 4.84 Å². The van der Waals surface area contributed by atoms with E-state index in [1.165, 1.54) is 33.6 Å². The first-order chi connectivity index (χ1) is 11.4. The average Bonchev–Trinajstić information content (AvgIpc) is 2.83. The smallest absolute Gasteiger partial charge is 0.158 e. The Bertz CT molecular complexity index is 727. The highest BCUT2D eigenvalue weighted by atomic mass is 16.7. The van der Waals surface area contributed by atoms with E-state index in [4.69, 9.17) is 9.94 Å². The lowest BCUT2D eigenvalue weighted by molar-refractivity contribution is -0.118. The maximum atomic E-state index is 5.31. The average molecular weight is 328 g/mol. The van der Waals surface area contributed by atoms with Crippen LogP contribution in [0.3, 0.4) is 0 Å². The van der Waals surface area contributed by atoms with E-state index in [0.717, 1.165) is 31.7 Å². The summed E-state index contributed by atoms with van der Waals surface area (Å²) in [6.45, 7) is 8.33. The first kappa shape index (κ1) is 17.0. The van der Waals surface area contributed by atoms with E-state index in [1.54, 1.807) is 7.11 Å². The number of hydrogen-bond donors (Lipinski definition) is 0. The molecule has 0 atom stereocenters. The number of benzene rings is 1. The van der Waals surface area contributed by atoms with Gasteiger partial charge in [-0.2, -0.15) is 10.2 Å². The fourth-order valence-electron chi connectivity index (χ4n) is 3.87. The topological polar surface area (TPSA) is 33.5 Å². The van der Waals surface area contributed by atoms with Crippen LogP contribution >= 0.6 is 0 Å². The van der Waals surface area contributed by atoms with Gasteiger partial charge in [-0.15, -0.1) is 0 Å². The lowest BCUT2D eigenvalue weighted by Crippen LogP contribution is -2.26. The van der Waals surface area contributed by atoms with Gasteiger partial charge in [0.05, 0.1) is 19.3 Å². The summed E-state index contributed by atoms with van der Waals surface area (Å²) in [7, 11) is 5.69. The zero-order valence-electron chi connectivity index (χ0n) is 15.7. The fourth-order valence-corrected chi connectivity index (χ4v) is 3.87. The van der Waals surface area contributed by atoms with E-state index in [2.05, 4.69) is 37.8 Å². The predicted octanol–water partition coefficient (Wildman–Crippen LogP) is 3.42. The molecule has 5 heteroatoms. The van der Waals surface area contributed by atoms with Gasteiger partial charge in [0.25, 0.3) is 0 Å². The van der Waals surface area contributed by atoms with E-state index in [1.807, 2.05) is 23.8 Å². The number of hydroxylamine groups is 2. The highest BCUT2D eigenvalue weighted by Gasteiger charge is 2.27. The number of fused-ring (bicyclic) bond motifs is 1. The minimum Gasteiger partial charge on any atom is -0.324 e. The van der Waals surface area contributed by atoms with Crippen LogP contribution < -0.4 is 4.90 Å². The van der Waals surface area contributed by atoms with Crippen LogP contribution in [0.15, 0.2) is 12.1 Å². The Labute approximate surface area is 144 Å². The lowest BCUT2D eigenvalue weighted by atomic mass is 9.99. The lowest BCUT2D eigenvalue weighted by Gasteiger charge is -2.31. The quantitative estimate of drug-likeness (QED) is 0.805. The molecule has 130 valence electrons. The van der Waals surface area contributed by atoms with Gasteiger partial charge in [-0.1, -0.05) is 17.7 Å². The van der Waals surface area contributed by atoms with Crippen LogP contribution in [0.25, 0.3) is 0 Å². The monoisotopic (exact) mass is 328 g/mol. The van der Waals surface area contributed by atoms with E-state index in [0.29, 0.717) is 0 Å². The molecule has 0 N–H and O–H groups in total. The molecule has 0 bridgehead atoms. The van der Waals surface area contributed by atoms with Gasteiger partial charge < -0.3 is 9.74 Å². The molecule has 3 rings (SSSR count). The molecule has 0 unspecified atom stereocenters. The first-order valence-electron chi connectivity index (χ1n) is 8.57. The van der Waals surface area contributed by atoms with Crippen molar-refractivity contribution in [2.45, 2.75) is 40.2 Å². The molecule has 1 aromatic heterocycles. The van der Waals surface area contributed by atoms with Gasteiger partial charge in [0.15, 0.2) is 5.82 Å². The molecular formula is C19H28N4O. The van der Waals surface area contributed by atoms with Crippen molar-refractivity contribution in [1.29, 1.82) is 0 Å². The second kappa shape index (κ2) is 6.57. The largest absolute Gasteiger partial charge is 0.324 e. The van der Waals surface area contributed by atoms with Crippen LogP contribution in [0.5, 0.6) is 0 Å². The van der Waals surface area contributed by atoms with Gasteiger partial charge in [0.1, 0.15) is 0 Å². The number of nitrogens with zero attached hydrogens (tertiary/aromatic N) is 4. The summed E-state index contributed by atoms with van der Waals surface area (Å²) in [5.74, 6) is 1.11. The summed E-state index contributed by atoms with van der Waals surface area (Å²) in [6, 6.07) is 4.53. The number of rotatable bonds is 4. The number of hydrogen-bond acceptors (Lipinski definition) is 4. The molecule has 0 radical (unpaired) electrons. The van der Waals surface area contributed by atoms with Crippen LogP contribution in [0, 0.1) is 20.8 Å². The number of aryl methyl sites for hydroxylation is 4. The molecular weight excluding hydrogens is 300 g/mol. The van der Waals surface area contributed by atoms with Gasteiger partial charge in [-0.05, 0) is 44.7 Å². The van der Waals surface area contributed by atoms with Crippen LogP contribution in [-0.2, 0) is 24.9 Å². The van der Waals surface area contributed by atoms with Crippen LogP contribution in [-0.4, -0.2) is 35.5 Å². The summed E-state index contributed by atoms with van der Waals surface area (Å²) in [6.07, 6.45) is 2.23. The second-order valence-electron chi connectivity index (χ2n) is 6.84. The Balaban J connectivity index is 2.06. The summed E-state index contributed by atoms with van der Waals surface area (Å²) in [5.41, 5.74) is 7.86. The Kier molecular flexibility index (Phi) is 4.65. The summed E-state index contributed by atoms with van der Waals surface area (Å²) < 4.78 is 2.01. The minimum atomic E-state index is 0.745. The molecule has 0 saturated heterocycles. The number of aromatic nitrogens is 2. The molecule has 0 saturated carbocycles. The van der Waals surface area contributed by atoms with Gasteiger partial charge in [0, 0.05) is 31.9 Å². The van der Waals surface area contributed by atoms with Gasteiger partial charge in [0.2, 0.25) is 0 Å². The molecule has 1 aromatic carbocycles. The van der Waals surface area contributed by atoms with E-state index < -0.39 is 0 Å². The van der Waals surface area contributed by atoms with Crippen molar-refractivity contribution in [2.75, 3.05) is 25.6 Å². The third kappa shape index (κ3) is 2.94. The zero-order chi connectivity index (χ0) is 17.4. The summed E-state index contributed by atoms with van der Waals surface area (Å²) >= 11 is 0. The Morgan fingerprint density at radius 1 is 1.21 bits per heavy atom. The van der Waals surface area contributed by atoms with Crippen molar-refractivity contribution in [3.8, 4) is 0 Å². The second-order valence-corrected chi connectivity index (χ2v) is 6.84. The normalized spacial score (nSPS) is 14.4. The highest BCUT2D eigenvalue weighted by Crippen LogP contribution is 2.38. The zero-order valence-corrected chi connectivity index (χ0v) is 15.7. The van der Waals surface area contributed by atoms with E-state index in [-0.39, 0.29) is 0 Å². The van der Waals surface area contributed by atoms with Crippen LogP contribution in [0.4, 0.5) is 11.5 Å². The summed E-state index contributed by atoms with van der Waals surface area (Å²) in [5, 5.41) is 6.71. The molecule has 24 heavy (non-hydrogen) atoms. The number of anilines is 2. The van der Waals surface area contributed by atoms with Crippen molar-refractivity contribution in [1.82, 2.24) is 14.8 Å². The van der Waals surface area contributed by atoms with Crippen molar-refractivity contribution in [3.63, 3.8) is 0 Å². The predicted molar refractivity (Wildman–Crippen MR) is 97.7 cm³/mol. The van der Waals surface area contributed by atoms with Crippen molar-refractivity contribution in [3.05, 3.63) is 40.1 Å². The van der Waals surface area contributed by atoms with Crippen molar-refractivity contribution in [2.24, 2.45) is 7.05 Å². The van der Waals surface area contributed by atoms with Gasteiger partial charge in [-0.25, -0.2) is 0 Å². The SMILES string of the molecule is CON(C)Cc1c2c(nn1C)N(c1c(C)cc(C)cc1C)CCC2. The third-order valence-corrected chi connectivity index (χ3v) is 4.91.